The molecule has 2 unspecified atom stereocenters. The van der Waals surface area contributed by atoms with Gasteiger partial charge in [0.25, 0.3) is 0 Å². The lowest BCUT2D eigenvalue weighted by Crippen LogP contribution is -2.04. The lowest BCUT2D eigenvalue weighted by molar-refractivity contribution is 0.346. The molecular formula is C24H50. The monoisotopic (exact) mass is 338 g/mol. The van der Waals surface area contributed by atoms with E-state index in [0.29, 0.717) is 0 Å². The Labute approximate surface area is 155 Å². The van der Waals surface area contributed by atoms with E-state index in [1.54, 1.807) is 0 Å². The summed E-state index contributed by atoms with van der Waals surface area (Å²) in [6.07, 6.45) is 26.2. The van der Waals surface area contributed by atoms with E-state index < -0.39 is 0 Å². The summed E-state index contributed by atoms with van der Waals surface area (Å²) >= 11 is 0. The van der Waals surface area contributed by atoms with Gasteiger partial charge in [-0.2, -0.15) is 0 Å². The number of unbranched alkanes of at least 4 members (excludes halogenated alkanes) is 7. The van der Waals surface area contributed by atoms with Crippen LogP contribution in [0, 0.1) is 11.8 Å². The van der Waals surface area contributed by atoms with Gasteiger partial charge in [-0.15, -0.1) is 0 Å². The zero-order chi connectivity index (χ0) is 17.9. The summed E-state index contributed by atoms with van der Waals surface area (Å²) in [5.41, 5.74) is 0. The lowest BCUT2D eigenvalue weighted by Gasteiger charge is -2.19. The minimum absolute atomic E-state index is 1.03. The maximum Gasteiger partial charge on any atom is -0.0414 e. The highest BCUT2D eigenvalue weighted by Gasteiger charge is 2.10. The maximum absolute atomic E-state index is 2.36. The summed E-state index contributed by atoms with van der Waals surface area (Å²) in [4.78, 5) is 0. The Morgan fingerprint density at radius 1 is 0.333 bits per heavy atom. The van der Waals surface area contributed by atoms with Crippen LogP contribution in [0.15, 0.2) is 0 Å². The molecule has 0 saturated carbocycles. The first kappa shape index (κ1) is 24.0. The predicted octanol–water partition coefficient (Wildman–Crippen LogP) is 9.32. The fraction of sp³-hybridized carbons (Fsp3) is 1.00. The third kappa shape index (κ3) is 15.5. The van der Waals surface area contributed by atoms with Crippen LogP contribution in [0.3, 0.4) is 0 Å². The summed E-state index contributed by atoms with van der Waals surface area (Å²) in [7, 11) is 0. The molecule has 0 radical (unpaired) electrons. The number of hydrogen-bond acceptors (Lipinski definition) is 0. The number of hydrogen-bond donors (Lipinski definition) is 0. The van der Waals surface area contributed by atoms with Crippen molar-refractivity contribution >= 4 is 0 Å². The molecule has 146 valence electrons. The second-order valence-electron chi connectivity index (χ2n) is 8.29. The Kier molecular flexibility index (Phi) is 19.3. The molecule has 0 aromatic heterocycles. The van der Waals surface area contributed by atoms with Gasteiger partial charge in [-0.3, -0.25) is 0 Å². The maximum atomic E-state index is 2.36. The van der Waals surface area contributed by atoms with Crippen molar-refractivity contribution in [2.24, 2.45) is 11.8 Å². The molecule has 0 heterocycles. The quantitative estimate of drug-likeness (QED) is 0.206. The van der Waals surface area contributed by atoms with E-state index in [1.807, 2.05) is 0 Å². The van der Waals surface area contributed by atoms with Crippen molar-refractivity contribution in [3.05, 3.63) is 0 Å². The molecule has 0 aliphatic carbocycles. The summed E-state index contributed by atoms with van der Waals surface area (Å²) in [5, 5.41) is 0. The van der Waals surface area contributed by atoms with Gasteiger partial charge in [-0.05, 0) is 11.8 Å². The van der Waals surface area contributed by atoms with Crippen molar-refractivity contribution in [1.29, 1.82) is 0 Å². The van der Waals surface area contributed by atoms with E-state index in [1.165, 1.54) is 116 Å². The van der Waals surface area contributed by atoms with Crippen molar-refractivity contribution < 1.29 is 0 Å². The van der Waals surface area contributed by atoms with Gasteiger partial charge >= 0.3 is 0 Å². The molecule has 0 spiro atoms. The molecule has 0 aromatic carbocycles. The molecule has 0 N–H and O–H groups in total. The van der Waals surface area contributed by atoms with Gasteiger partial charge in [0.05, 0.1) is 0 Å². The van der Waals surface area contributed by atoms with Crippen molar-refractivity contribution in [1.82, 2.24) is 0 Å². The van der Waals surface area contributed by atoms with Crippen molar-refractivity contribution in [3.63, 3.8) is 0 Å². The van der Waals surface area contributed by atoms with E-state index in [-0.39, 0.29) is 0 Å². The molecule has 0 amide bonds. The van der Waals surface area contributed by atoms with E-state index in [0.717, 1.165) is 11.8 Å². The van der Waals surface area contributed by atoms with Crippen molar-refractivity contribution in [2.45, 2.75) is 143 Å². The molecular weight excluding hydrogens is 288 g/mol. The highest BCUT2D eigenvalue weighted by atomic mass is 14.2. The van der Waals surface area contributed by atoms with Crippen LogP contribution in [0.2, 0.25) is 0 Å². The SMILES string of the molecule is CCCCCCC(CCCC)CCCCC(CCC)CCCCC. The van der Waals surface area contributed by atoms with Gasteiger partial charge in [0.2, 0.25) is 0 Å². The van der Waals surface area contributed by atoms with Gasteiger partial charge in [0.1, 0.15) is 0 Å². The van der Waals surface area contributed by atoms with Crippen molar-refractivity contribution in [2.75, 3.05) is 0 Å². The van der Waals surface area contributed by atoms with E-state index >= 15 is 0 Å². The van der Waals surface area contributed by atoms with Gasteiger partial charge < -0.3 is 0 Å². The summed E-state index contributed by atoms with van der Waals surface area (Å²) < 4.78 is 0. The van der Waals surface area contributed by atoms with Gasteiger partial charge in [0.15, 0.2) is 0 Å². The van der Waals surface area contributed by atoms with Gasteiger partial charge in [-0.25, -0.2) is 0 Å². The average molecular weight is 339 g/mol. The standard InChI is InChI=1S/C24H50/c1-5-9-12-14-20-24(18-11-7-3)22-16-15-21-23(17-8-4)19-13-10-6-2/h23-24H,5-22H2,1-4H3. The number of rotatable bonds is 19. The zero-order valence-electron chi connectivity index (χ0n) is 17.9. The Hall–Kier alpha value is 0. The first-order valence-electron chi connectivity index (χ1n) is 11.8. The Morgan fingerprint density at radius 3 is 1.21 bits per heavy atom. The van der Waals surface area contributed by atoms with Crippen LogP contribution in [-0.2, 0) is 0 Å². The average Bonchev–Trinajstić information content (AvgIpc) is 2.59. The zero-order valence-corrected chi connectivity index (χ0v) is 17.9. The van der Waals surface area contributed by atoms with Gasteiger partial charge in [-0.1, -0.05) is 143 Å². The summed E-state index contributed by atoms with van der Waals surface area (Å²) in [5.74, 6) is 2.06. The fourth-order valence-corrected chi connectivity index (χ4v) is 4.18. The molecule has 0 rings (SSSR count). The van der Waals surface area contributed by atoms with Crippen molar-refractivity contribution in [3.8, 4) is 0 Å². The molecule has 0 nitrogen and oxygen atoms in total. The topological polar surface area (TPSA) is 0 Å². The molecule has 0 fully saturated rings. The normalized spacial score (nSPS) is 14.0. The smallest absolute Gasteiger partial charge is 0.0414 e. The van der Waals surface area contributed by atoms with Crippen LogP contribution in [0.1, 0.15) is 143 Å². The van der Waals surface area contributed by atoms with Crippen LogP contribution >= 0.6 is 0 Å². The van der Waals surface area contributed by atoms with Crippen LogP contribution in [0.4, 0.5) is 0 Å². The van der Waals surface area contributed by atoms with Gasteiger partial charge in [0, 0.05) is 0 Å². The van der Waals surface area contributed by atoms with E-state index in [9.17, 15) is 0 Å². The molecule has 0 heteroatoms. The highest BCUT2D eigenvalue weighted by Crippen LogP contribution is 2.26. The minimum atomic E-state index is 1.03. The predicted molar refractivity (Wildman–Crippen MR) is 113 cm³/mol. The lowest BCUT2D eigenvalue weighted by atomic mass is 9.87. The molecule has 0 aliphatic rings. The molecule has 0 aromatic rings. The van der Waals surface area contributed by atoms with Crippen LogP contribution in [0.25, 0.3) is 0 Å². The first-order chi connectivity index (χ1) is 11.8. The summed E-state index contributed by atoms with van der Waals surface area (Å²) in [6.45, 7) is 9.36. The van der Waals surface area contributed by atoms with Crippen LogP contribution in [-0.4, -0.2) is 0 Å². The Morgan fingerprint density at radius 2 is 0.708 bits per heavy atom. The molecule has 24 heavy (non-hydrogen) atoms. The second kappa shape index (κ2) is 19.3. The fourth-order valence-electron chi connectivity index (χ4n) is 4.18. The Bertz CT molecular complexity index is 220. The molecule has 2 atom stereocenters. The highest BCUT2D eigenvalue weighted by molar-refractivity contribution is 4.64. The van der Waals surface area contributed by atoms with Crippen LogP contribution < -0.4 is 0 Å². The largest absolute Gasteiger partial charge is 0.0654 e. The third-order valence-electron chi connectivity index (χ3n) is 5.82. The van der Waals surface area contributed by atoms with Crippen LogP contribution in [0.5, 0.6) is 0 Å². The summed E-state index contributed by atoms with van der Waals surface area (Å²) in [6, 6.07) is 0. The second-order valence-corrected chi connectivity index (χ2v) is 8.29. The van der Waals surface area contributed by atoms with E-state index in [4.69, 9.17) is 0 Å². The molecule has 0 bridgehead atoms. The van der Waals surface area contributed by atoms with E-state index in [2.05, 4.69) is 27.7 Å². The minimum Gasteiger partial charge on any atom is -0.0654 e. The molecule has 0 aliphatic heterocycles. The third-order valence-corrected chi connectivity index (χ3v) is 5.82. The molecule has 0 saturated heterocycles. The first-order valence-corrected chi connectivity index (χ1v) is 11.8. The Balaban J connectivity index is 3.90.